The largest absolute Gasteiger partial charge is 0.472 e. The van der Waals surface area contributed by atoms with Crippen molar-refractivity contribution in [2.45, 2.75) is 161 Å². The fraction of sp³-hybridized carbons (Fsp3) is 0.640. The summed E-state index contributed by atoms with van der Waals surface area (Å²) < 4.78 is 34.5. The number of carbonyl (C=O) groups is 2. The van der Waals surface area contributed by atoms with Crippen LogP contribution in [0.1, 0.15) is 154 Å². The molecule has 9 nitrogen and oxygen atoms in total. The zero-order valence-electron chi connectivity index (χ0n) is 37.6. The van der Waals surface area contributed by atoms with Crippen LogP contribution in [-0.4, -0.2) is 74.9 Å². The summed E-state index contributed by atoms with van der Waals surface area (Å²) in [5, 5.41) is 8.02. The van der Waals surface area contributed by atoms with Gasteiger partial charge in [-0.25, -0.2) is 4.57 Å². The van der Waals surface area contributed by atoms with Crippen LogP contribution in [0.3, 0.4) is 0 Å². The maximum atomic E-state index is 12.8. The molecule has 0 saturated heterocycles. The molecule has 0 fully saturated rings. The smallest absolute Gasteiger partial charge is 0.462 e. The van der Waals surface area contributed by atoms with Gasteiger partial charge in [-0.05, 0) is 63.6 Å². The Hall–Kier alpha value is -3.07. The average Bonchev–Trinajstić information content (AvgIpc) is 3.21. The maximum Gasteiger partial charge on any atom is 0.472 e. The van der Waals surface area contributed by atoms with Crippen molar-refractivity contribution < 1.29 is 42.1 Å². The van der Waals surface area contributed by atoms with E-state index in [2.05, 4.69) is 61.5 Å². The quantitative estimate of drug-likeness (QED) is 0.0163. The summed E-state index contributed by atoms with van der Waals surface area (Å²) in [5.74, 6) is -0.815. The van der Waals surface area contributed by atoms with Crippen molar-refractivity contribution in [3.8, 4) is 0 Å². The van der Waals surface area contributed by atoms with Crippen LogP contribution in [0, 0.1) is 0 Å². The minimum atomic E-state index is -4.39. The zero-order chi connectivity index (χ0) is 43.1. The number of quaternary nitrogens is 1. The van der Waals surface area contributed by atoms with Gasteiger partial charge in [0.05, 0.1) is 27.7 Å². The number of phosphoric acid groups is 1. The van der Waals surface area contributed by atoms with Crippen LogP contribution in [0.5, 0.6) is 0 Å². The van der Waals surface area contributed by atoms with Crippen molar-refractivity contribution >= 4 is 52.1 Å². The van der Waals surface area contributed by atoms with Crippen molar-refractivity contribution in [3.05, 3.63) is 60.2 Å². The second-order valence-corrected chi connectivity index (χ2v) is 19.4. The monoisotopic (exact) mass is 851 g/mol. The first-order chi connectivity index (χ1) is 29.0. The summed E-state index contributed by atoms with van der Waals surface area (Å²) in [4.78, 5) is 35.7. The molecule has 334 valence electrons. The summed E-state index contributed by atoms with van der Waals surface area (Å²) >= 11 is 0. The van der Waals surface area contributed by atoms with Gasteiger partial charge in [0.15, 0.2) is 6.10 Å². The third kappa shape index (κ3) is 18.9. The molecule has 0 radical (unpaired) electrons. The highest BCUT2D eigenvalue weighted by atomic mass is 31.2. The number of hydrogen-bond acceptors (Lipinski definition) is 7. The molecule has 0 aliphatic carbocycles. The molecule has 2 atom stereocenters. The molecule has 1 N–H and O–H groups in total. The van der Waals surface area contributed by atoms with Crippen LogP contribution in [0.4, 0.5) is 0 Å². The van der Waals surface area contributed by atoms with Gasteiger partial charge in [0, 0.05) is 12.8 Å². The van der Waals surface area contributed by atoms with E-state index in [0.717, 1.165) is 64.2 Å². The lowest BCUT2D eigenvalue weighted by atomic mass is 9.90. The number of likely N-dealkylation sites (N-methyl/N-ethyl adjacent to an activating group) is 1. The number of rotatable bonds is 34. The molecule has 4 aromatic carbocycles. The number of esters is 2. The number of unbranched alkanes of at least 4 members (excludes halogenated alkanes) is 18. The summed E-state index contributed by atoms with van der Waals surface area (Å²) in [6.07, 6.45) is 23.6. The van der Waals surface area contributed by atoms with Crippen LogP contribution in [0.2, 0.25) is 0 Å². The van der Waals surface area contributed by atoms with Crippen molar-refractivity contribution in [2.75, 3.05) is 47.5 Å². The third-order valence-electron chi connectivity index (χ3n) is 11.6. The Balaban J connectivity index is 1.10. The van der Waals surface area contributed by atoms with E-state index in [4.69, 9.17) is 18.5 Å². The first-order valence-electron chi connectivity index (χ1n) is 23.4. The van der Waals surface area contributed by atoms with Gasteiger partial charge in [-0.3, -0.25) is 18.6 Å². The Morgan fingerprint density at radius 1 is 0.600 bits per heavy atom. The number of nitrogens with zero attached hydrogens (tertiary/aromatic N) is 1. The highest BCUT2D eigenvalue weighted by Gasteiger charge is 2.27. The molecule has 4 aromatic rings. The van der Waals surface area contributed by atoms with Gasteiger partial charge in [-0.15, -0.1) is 0 Å². The van der Waals surface area contributed by atoms with Crippen molar-refractivity contribution in [1.82, 2.24) is 0 Å². The molecular formula is C50H77NO8P+. The van der Waals surface area contributed by atoms with E-state index in [1.807, 2.05) is 21.1 Å². The zero-order valence-corrected chi connectivity index (χ0v) is 38.5. The lowest BCUT2D eigenvalue weighted by molar-refractivity contribution is -0.870. The molecule has 0 spiro atoms. The van der Waals surface area contributed by atoms with E-state index in [1.54, 1.807) is 0 Å². The molecular weight excluding hydrogens is 774 g/mol. The van der Waals surface area contributed by atoms with Gasteiger partial charge >= 0.3 is 19.8 Å². The Morgan fingerprint density at radius 3 is 1.68 bits per heavy atom. The predicted molar refractivity (Wildman–Crippen MR) is 247 cm³/mol. The molecule has 0 bridgehead atoms. The lowest BCUT2D eigenvalue weighted by Crippen LogP contribution is -2.37. The van der Waals surface area contributed by atoms with Crippen LogP contribution in [0.15, 0.2) is 54.6 Å². The molecule has 0 saturated carbocycles. The summed E-state index contributed by atoms with van der Waals surface area (Å²) in [6, 6.07) is 20.1. The maximum absolute atomic E-state index is 12.8. The third-order valence-corrected chi connectivity index (χ3v) is 12.6. The van der Waals surface area contributed by atoms with Gasteiger partial charge < -0.3 is 18.9 Å². The lowest BCUT2D eigenvalue weighted by Gasteiger charge is -2.24. The summed E-state index contributed by atoms with van der Waals surface area (Å²) in [6.45, 7) is 2.13. The topological polar surface area (TPSA) is 108 Å². The average molecular weight is 851 g/mol. The molecule has 60 heavy (non-hydrogen) atoms. The summed E-state index contributed by atoms with van der Waals surface area (Å²) in [7, 11) is 1.46. The standard InChI is InChI=1S/C50H76NO8P/c1-5-6-7-8-9-10-11-12-13-14-17-20-23-29-47(52)56-39-45(40-58-60(54,55)57-38-37-51(2,3)4)59-48(53)30-24-21-18-15-16-19-22-26-41-31-32-44-34-33-42-27-25-28-43-35-36-46(41)50(44)49(42)43/h25,27-28,31-36,45H,5-24,26,29-30,37-40H2,1-4H3/p+1/t45-/m1/s1. The molecule has 1 unspecified atom stereocenters. The summed E-state index contributed by atoms with van der Waals surface area (Å²) in [5.41, 5.74) is 1.42. The van der Waals surface area contributed by atoms with E-state index in [1.165, 1.54) is 102 Å². The second kappa shape index (κ2) is 27.1. The first-order valence-corrected chi connectivity index (χ1v) is 24.9. The molecule has 0 aliphatic heterocycles. The number of benzene rings is 4. The number of carbonyl (C=O) groups excluding carboxylic acids is 2. The highest BCUT2D eigenvalue weighted by Crippen LogP contribution is 2.43. The Labute approximate surface area is 361 Å². The molecule has 0 aromatic heterocycles. The fourth-order valence-electron chi connectivity index (χ4n) is 8.03. The van der Waals surface area contributed by atoms with Crippen molar-refractivity contribution in [1.29, 1.82) is 0 Å². The normalized spacial score (nSPS) is 13.6. The fourth-order valence-corrected chi connectivity index (χ4v) is 8.77. The minimum Gasteiger partial charge on any atom is -0.462 e. The van der Waals surface area contributed by atoms with Gasteiger partial charge in [0.1, 0.15) is 19.8 Å². The molecule has 4 rings (SSSR count). The van der Waals surface area contributed by atoms with Gasteiger partial charge in [0.2, 0.25) is 0 Å². The van der Waals surface area contributed by atoms with E-state index in [-0.39, 0.29) is 32.0 Å². The molecule has 0 heterocycles. The van der Waals surface area contributed by atoms with Gasteiger partial charge in [-0.1, -0.05) is 171 Å². The Bertz CT molecular complexity index is 1860. The number of ether oxygens (including phenoxy) is 2. The molecule has 10 heteroatoms. The van der Waals surface area contributed by atoms with Crippen LogP contribution in [-0.2, 0) is 39.1 Å². The van der Waals surface area contributed by atoms with E-state index in [0.29, 0.717) is 17.4 Å². The van der Waals surface area contributed by atoms with Crippen LogP contribution >= 0.6 is 7.82 Å². The molecule has 0 aliphatic rings. The number of phosphoric ester groups is 1. The minimum absolute atomic E-state index is 0.0249. The second-order valence-electron chi connectivity index (χ2n) is 18.0. The van der Waals surface area contributed by atoms with E-state index < -0.39 is 26.5 Å². The van der Waals surface area contributed by atoms with Gasteiger partial charge in [0.25, 0.3) is 0 Å². The number of hydrogen-bond donors (Lipinski definition) is 1. The highest BCUT2D eigenvalue weighted by molar-refractivity contribution is 7.47. The number of aryl methyl sites for hydroxylation is 1. The predicted octanol–water partition coefficient (Wildman–Crippen LogP) is 13.0. The first kappa shape index (κ1) is 49.6. The Kier molecular flexibility index (Phi) is 22.4. The Morgan fingerprint density at radius 2 is 1.10 bits per heavy atom. The van der Waals surface area contributed by atoms with Crippen molar-refractivity contribution in [3.63, 3.8) is 0 Å². The molecule has 0 amide bonds. The van der Waals surface area contributed by atoms with Crippen LogP contribution in [0.25, 0.3) is 32.3 Å². The van der Waals surface area contributed by atoms with Gasteiger partial charge in [-0.2, -0.15) is 0 Å². The van der Waals surface area contributed by atoms with E-state index >= 15 is 0 Å². The SMILES string of the molecule is CCCCCCCCCCCCCCCC(=O)OC[C@H](COP(=O)(O)OCC[N+](C)(C)C)OC(=O)CCCCCCCCCc1ccc2ccc3cccc4ccc1c2c34. The van der Waals surface area contributed by atoms with E-state index in [9.17, 15) is 19.0 Å². The van der Waals surface area contributed by atoms with Crippen LogP contribution < -0.4 is 0 Å². The van der Waals surface area contributed by atoms with Crippen molar-refractivity contribution in [2.24, 2.45) is 0 Å².